The third kappa shape index (κ3) is 6.02. The van der Waals surface area contributed by atoms with Crippen LogP contribution in [-0.2, 0) is 24.7 Å². The SMILES string of the molecule is Cn1ccnc1SCC(=O)Nc1ccc(C(=O)NNC(=O)c2cc3c(s2)CCCCC3)cc1. The summed E-state index contributed by atoms with van der Waals surface area (Å²) in [4.78, 5) is 43.1. The van der Waals surface area contributed by atoms with Gasteiger partial charge in [0.2, 0.25) is 5.91 Å². The monoisotopic (exact) mass is 483 g/mol. The van der Waals surface area contributed by atoms with Gasteiger partial charge in [-0.1, -0.05) is 18.2 Å². The van der Waals surface area contributed by atoms with Crippen molar-refractivity contribution in [2.45, 2.75) is 37.3 Å². The van der Waals surface area contributed by atoms with E-state index in [2.05, 4.69) is 21.2 Å². The largest absolute Gasteiger partial charge is 0.329 e. The summed E-state index contributed by atoms with van der Waals surface area (Å²) in [7, 11) is 1.87. The maximum Gasteiger partial charge on any atom is 0.279 e. The first-order valence-corrected chi connectivity index (χ1v) is 12.5. The average molecular weight is 484 g/mol. The highest BCUT2D eigenvalue weighted by Crippen LogP contribution is 2.28. The first-order valence-electron chi connectivity index (χ1n) is 10.7. The Morgan fingerprint density at radius 1 is 1.06 bits per heavy atom. The summed E-state index contributed by atoms with van der Waals surface area (Å²) >= 11 is 2.85. The maximum absolute atomic E-state index is 12.5. The standard InChI is InChI=1S/C23H25N5O3S2/c1-28-12-11-24-23(28)32-14-20(29)25-17-9-7-15(8-10-17)21(30)26-27-22(31)19-13-16-5-3-2-4-6-18(16)33-19/h7-13H,2-6,14H2,1H3,(H,25,29)(H,26,30)(H,27,31). The Bertz CT molecular complexity index is 1130. The Morgan fingerprint density at radius 3 is 2.58 bits per heavy atom. The lowest BCUT2D eigenvalue weighted by Gasteiger charge is -2.08. The van der Waals surface area contributed by atoms with Gasteiger partial charge >= 0.3 is 0 Å². The Labute approximate surface area is 200 Å². The van der Waals surface area contributed by atoms with Crippen molar-refractivity contribution in [3.63, 3.8) is 0 Å². The normalized spacial score (nSPS) is 13.0. The lowest BCUT2D eigenvalue weighted by molar-refractivity contribution is -0.113. The first-order chi connectivity index (χ1) is 16.0. The lowest BCUT2D eigenvalue weighted by atomic mass is 10.1. The Balaban J connectivity index is 1.25. The van der Waals surface area contributed by atoms with Gasteiger partial charge in [-0.25, -0.2) is 4.98 Å². The van der Waals surface area contributed by atoms with Crippen molar-refractivity contribution in [3.05, 3.63) is 63.6 Å². The molecule has 2 aromatic heterocycles. The molecular formula is C23H25N5O3S2. The zero-order chi connectivity index (χ0) is 23.2. The number of nitrogens with one attached hydrogen (secondary N) is 3. The van der Waals surface area contributed by atoms with Gasteiger partial charge in [-0.2, -0.15) is 0 Å². The van der Waals surface area contributed by atoms with E-state index in [1.165, 1.54) is 40.0 Å². The van der Waals surface area contributed by atoms with Crippen LogP contribution >= 0.6 is 23.1 Å². The number of nitrogens with zero attached hydrogens (tertiary/aromatic N) is 2. The van der Waals surface area contributed by atoms with Crippen molar-refractivity contribution in [2.75, 3.05) is 11.1 Å². The van der Waals surface area contributed by atoms with Crippen molar-refractivity contribution in [3.8, 4) is 0 Å². The smallest absolute Gasteiger partial charge is 0.279 e. The molecule has 0 bridgehead atoms. The number of aromatic nitrogens is 2. The van der Waals surface area contributed by atoms with Gasteiger partial charge in [-0.05, 0) is 61.6 Å². The summed E-state index contributed by atoms with van der Waals surface area (Å²) in [5.41, 5.74) is 7.17. The van der Waals surface area contributed by atoms with Crippen molar-refractivity contribution >= 4 is 46.5 Å². The highest BCUT2D eigenvalue weighted by molar-refractivity contribution is 7.99. The van der Waals surface area contributed by atoms with Crippen LogP contribution in [0.25, 0.3) is 0 Å². The number of carbonyl (C=O) groups excluding carboxylic acids is 3. The van der Waals surface area contributed by atoms with E-state index in [-0.39, 0.29) is 17.6 Å². The molecule has 1 aliphatic rings. The van der Waals surface area contributed by atoms with Gasteiger partial charge in [0.1, 0.15) is 0 Å². The van der Waals surface area contributed by atoms with E-state index in [1.807, 2.05) is 23.9 Å². The number of amides is 3. The van der Waals surface area contributed by atoms with E-state index in [9.17, 15) is 14.4 Å². The van der Waals surface area contributed by atoms with Crippen molar-refractivity contribution in [2.24, 2.45) is 7.05 Å². The Morgan fingerprint density at radius 2 is 1.82 bits per heavy atom. The van der Waals surface area contributed by atoms with Gasteiger partial charge < -0.3 is 9.88 Å². The molecule has 0 fully saturated rings. The molecule has 172 valence electrons. The average Bonchev–Trinajstić information content (AvgIpc) is 3.35. The molecule has 8 nitrogen and oxygen atoms in total. The summed E-state index contributed by atoms with van der Waals surface area (Å²) in [5.74, 6) is -0.673. The van der Waals surface area contributed by atoms with Crippen LogP contribution in [0, 0.1) is 0 Å². The van der Waals surface area contributed by atoms with Crippen molar-refractivity contribution < 1.29 is 14.4 Å². The predicted octanol–water partition coefficient (Wildman–Crippen LogP) is 3.56. The number of imidazole rings is 1. The van der Waals surface area contributed by atoms with E-state index in [1.54, 1.807) is 30.5 Å². The molecule has 0 saturated carbocycles. The highest BCUT2D eigenvalue weighted by Gasteiger charge is 2.17. The number of thiophene rings is 1. The number of thioether (sulfide) groups is 1. The van der Waals surface area contributed by atoms with Gasteiger partial charge in [-0.15, -0.1) is 11.3 Å². The fourth-order valence-corrected chi connectivity index (χ4v) is 5.43. The summed E-state index contributed by atoms with van der Waals surface area (Å²) < 4.78 is 1.85. The number of hydrogen-bond donors (Lipinski definition) is 3. The molecule has 1 aliphatic carbocycles. The minimum Gasteiger partial charge on any atom is -0.329 e. The zero-order valence-electron chi connectivity index (χ0n) is 18.2. The molecule has 3 N–H and O–H groups in total. The van der Waals surface area contributed by atoms with Gasteiger partial charge in [0.15, 0.2) is 5.16 Å². The van der Waals surface area contributed by atoms with E-state index in [0.29, 0.717) is 16.1 Å². The van der Waals surface area contributed by atoms with Crippen LogP contribution in [0.15, 0.2) is 47.9 Å². The molecule has 1 aromatic carbocycles. The Kier molecular flexibility index (Phi) is 7.46. The van der Waals surface area contributed by atoms with E-state index >= 15 is 0 Å². The molecule has 0 radical (unpaired) electrons. The van der Waals surface area contributed by atoms with Crippen LogP contribution < -0.4 is 16.2 Å². The quantitative estimate of drug-likeness (QED) is 0.283. The zero-order valence-corrected chi connectivity index (χ0v) is 19.9. The maximum atomic E-state index is 12.5. The fourth-order valence-electron chi connectivity index (χ4n) is 3.55. The van der Waals surface area contributed by atoms with Gasteiger partial charge in [0.05, 0.1) is 10.6 Å². The number of anilines is 1. The van der Waals surface area contributed by atoms with E-state index in [0.717, 1.165) is 30.8 Å². The summed E-state index contributed by atoms with van der Waals surface area (Å²) in [6.45, 7) is 0. The number of rotatable bonds is 6. The number of aryl methyl sites for hydroxylation is 3. The molecule has 0 aliphatic heterocycles. The van der Waals surface area contributed by atoms with Gasteiger partial charge in [0, 0.05) is 35.6 Å². The molecule has 33 heavy (non-hydrogen) atoms. The Hall–Kier alpha value is -3.11. The second kappa shape index (κ2) is 10.7. The number of hydrazine groups is 1. The molecule has 3 amide bonds. The molecule has 0 saturated heterocycles. The van der Waals surface area contributed by atoms with Crippen LogP contribution in [0.4, 0.5) is 5.69 Å². The number of benzene rings is 1. The molecule has 2 heterocycles. The van der Waals surface area contributed by atoms with Gasteiger partial charge in [-0.3, -0.25) is 25.2 Å². The summed E-state index contributed by atoms with van der Waals surface area (Å²) in [6.07, 6.45) is 9.07. The van der Waals surface area contributed by atoms with Crippen molar-refractivity contribution in [1.29, 1.82) is 0 Å². The molecular weight excluding hydrogens is 458 g/mol. The first kappa shape index (κ1) is 23.1. The van der Waals surface area contributed by atoms with Crippen LogP contribution in [0.3, 0.4) is 0 Å². The van der Waals surface area contributed by atoms with E-state index < -0.39 is 5.91 Å². The number of fused-ring (bicyclic) bond motifs is 1. The van der Waals surface area contributed by atoms with Crippen LogP contribution in [0.1, 0.15) is 49.7 Å². The summed E-state index contributed by atoms with van der Waals surface area (Å²) in [6, 6.07) is 8.43. The second-order valence-corrected chi connectivity index (χ2v) is 9.84. The number of hydrogen-bond acceptors (Lipinski definition) is 6. The van der Waals surface area contributed by atoms with Crippen molar-refractivity contribution in [1.82, 2.24) is 20.4 Å². The van der Waals surface area contributed by atoms with Crippen LogP contribution in [0.2, 0.25) is 0 Å². The molecule has 0 atom stereocenters. The third-order valence-electron chi connectivity index (χ3n) is 5.30. The topological polar surface area (TPSA) is 105 Å². The number of carbonyl (C=O) groups is 3. The minimum atomic E-state index is -0.426. The molecule has 3 aromatic rings. The van der Waals surface area contributed by atoms with Gasteiger partial charge in [0.25, 0.3) is 11.8 Å². The molecule has 0 unspecified atom stereocenters. The lowest BCUT2D eigenvalue weighted by Crippen LogP contribution is -2.41. The van der Waals surface area contributed by atoms with Crippen LogP contribution in [-0.4, -0.2) is 33.0 Å². The third-order valence-corrected chi connectivity index (χ3v) is 7.59. The fraction of sp³-hybridized carbons (Fsp3) is 0.304. The highest BCUT2D eigenvalue weighted by atomic mass is 32.2. The predicted molar refractivity (Wildman–Crippen MR) is 130 cm³/mol. The molecule has 4 rings (SSSR count). The molecule has 0 spiro atoms. The second-order valence-electron chi connectivity index (χ2n) is 7.76. The van der Waals surface area contributed by atoms with Crippen LogP contribution in [0.5, 0.6) is 0 Å². The minimum absolute atomic E-state index is 0.165. The summed E-state index contributed by atoms with van der Waals surface area (Å²) in [5, 5.41) is 3.55. The molecule has 10 heteroatoms. The van der Waals surface area contributed by atoms with E-state index in [4.69, 9.17) is 0 Å².